The zero-order valence-corrected chi connectivity index (χ0v) is 14.8. The zero-order chi connectivity index (χ0) is 17.4. The van der Waals surface area contributed by atoms with Crippen molar-refractivity contribution in [2.24, 2.45) is 0 Å². The Morgan fingerprint density at radius 2 is 1.17 bits per heavy atom. The van der Waals surface area contributed by atoms with Crippen molar-refractivity contribution < 1.29 is 28.5 Å². The highest BCUT2D eigenvalue weighted by molar-refractivity contribution is 5.69. The molecule has 0 spiro atoms. The number of epoxide rings is 2. The predicted octanol–water partition coefficient (Wildman–Crippen LogP) is 2.27. The second-order valence-corrected chi connectivity index (χ2v) is 8.29. The summed E-state index contributed by atoms with van der Waals surface area (Å²) < 4.78 is 24.0. The van der Waals surface area contributed by atoms with Gasteiger partial charge >= 0.3 is 11.9 Å². The molecule has 0 amide bonds. The van der Waals surface area contributed by atoms with Gasteiger partial charge in [0.15, 0.2) is 11.2 Å². The van der Waals surface area contributed by atoms with Crippen molar-refractivity contribution in [2.45, 2.75) is 101 Å². The van der Waals surface area contributed by atoms with Gasteiger partial charge in [0.05, 0.1) is 11.2 Å². The summed E-state index contributed by atoms with van der Waals surface area (Å²) >= 11 is 0. The Morgan fingerprint density at radius 3 is 1.50 bits per heavy atom. The Balaban J connectivity index is 1.82. The standard InChI is InChI=1S/C18H26O6/c1-11(19)21-17(9-5-7-15(3)13(17)23-15)18(22-12(2)20)10-6-8-16(4)14(18)24-16/h13-14H,5-10H2,1-4H3. The minimum Gasteiger partial charge on any atom is -0.452 e. The van der Waals surface area contributed by atoms with Crippen molar-refractivity contribution >= 4 is 11.9 Å². The summed E-state index contributed by atoms with van der Waals surface area (Å²) in [7, 11) is 0. The Hall–Kier alpha value is -1.14. The summed E-state index contributed by atoms with van der Waals surface area (Å²) in [5.74, 6) is -0.733. The molecule has 4 aliphatic rings. The van der Waals surface area contributed by atoms with Crippen LogP contribution in [0.15, 0.2) is 0 Å². The van der Waals surface area contributed by atoms with E-state index in [1.807, 2.05) is 13.8 Å². The average molecular weight is 338 g/mol. The number of hydrogen-bond donors (Lipinski definition) is 0. The third-order valence-electron chi connectivity index (χ3n) is 6.43. The summed E-state index contributed by atoms with van der Waals surface area (Å²) in [4.78, 5) is 24.0. The number of esters is 2. The molecule has 134 valence electrons. The monoisotopic (exact) mass is 338 g/mol. The molecule has 6 atom stereocenters. The van der Waals surface area contributed by atoms with Gasteiger partial charge in [0, 0.05) is 13.8 Å². The molecule has 2 aliphatic carbocycles. The second-order valence-electron chi connectivity index (χ2n) is 8.29. The molecule has 2 saturated heterocycles. The van der Waals surface area contributed by atoms with Crippen molar-refractivity contribution in [3.05, 3.63) is 0 Å². The summed E-state index contributed by atoms with van der Waals surface area (Å²) in [5.41, 5.74) is -2.52. The highest BCUT2D eigenvalue weighted by Crippen LogP contribution is 2.65. The van der Waals surface area contributed by atoms with E-state index < -0.39 is 11.2 Å². The fraction of sp³-hybridized carbons (Fsp3) is 0.889. The highest BCUT2D eigenvalue weighted by Gasteiger charge is 2.82. The summed E-state index contributed by atoms with van der Waals surface area (Å²) in [6.07, 6.45) is 4.38. The SMILES string of the molecule is CC(=O)OC1(C2(OC(C)=O)CCCC3(C)OC32)CCCC2(C)OC21. The first kappa shape index (κ1) is 16.3. The maximum atomic E-state index is 12.0. The fourth-order valence-corrected chi connectivity index (χ4v) is 5.46. The van der Waals surface area contributed by atoms with Gasteiger partial charge in [0.25, 0.3) is 0 Å². The Morgan fingerprint density at radius 1 is 0.792 bits per heavy atom. The first-order chi connectivity index (χ1) is 11.2. The Bertz CT molecular complexity index is 552. The third kappa shape index (κ3) is 2.02. The lowest BCUT2D eigenvalue weighted by molar-refractivity contribution is -0.231. The molecule has 0 radical (unpaired) electrons. The molecule has 2 saturated carbocycles. The minimum absolute atomic E-state index is 0.242. The van der Waals surface area contributed by atoms with Crippen molar-refractivity contribution in [1.82, 2.24) is 0 Å². The van der Waals surface area contributed by atoms with Crippen LogP contribution in [0, 0.1) is 0 Å². The normalized spacial score (nSPS) is 51.8. The van der Waals surface area contributed by atoms with E-state index in [4.69, 9.17) is 18.9 Å². The van der Waals surface area contributed by atoms with E-state index in [0.29, 0.717) is 12.8 Å². The first-order valence-corrected chi connectivity index (χ1v) is 8.92. The Kier molecular flexibility index (Phi) is 3.22. The smallest absolute Gasteiger partial charge is 0.303 e. The van der Waals surface area contributed by atoms with Crippen LogP contribution in [-0.2, 0) is 28.5 Å². The average Bonchev–Trinajstić information content (AvgIpc) is 3.32. The van der Waals surface area contributed by atoms with Gasteiger partial charge in [0.1, 0.15) is 12.2 Å². The van der Waals surface area contributed by atoms with Gasteiger partial charge in [0.2, 0.25) is 0 Å². The summed E-state index contributed by atoms with van der Waals surface area (Å²) in [6.45, 7) is 6.92. The van der Waals surface area contributed by atoms with E-state index in [1.165, 1.54) is 13.8 Å². The highest BCUT2D eigenvalue weighted by atomic mass is 16.7. The van der Waals surface area contributed by atoms with Gasteiger partial charge in [-0.25, -0.2) is 0 Å². The van der Waals surface area contributed by atoms with Crippen LogP contribution >= 0.6 is 0 Å². The van der Waals surface area contributed by atoms with Crippen LogP contribution in [0.25, 0.3) is 0 Å². The topological polar surface area (TPSA) is 77.7 Å². The van der Waals surface area contributed by atoms with Crippen molar-refractivity contribution in [3.8, 4) is 0 Å². The van der Waals surface area contributed by atoms with Crippen LogP contribution in [0.4, 0.5) is 0 Å². The number of ether oxygens (including phenoxy) is 4. The van der Waals surface area contributed by atoms with Crippen LogP contribution < -0.4 is 0 Å². The summed E-state index contributed by atoms with van der Waals surface area (Å²) in [6, 6.07) is 0. The van der Waals surface area contributed by atoms with Gasteiger partial charge in [-0.3, -0.25) is 9.59 Å². The Labute approximate surface area is 142 Å². The van der Waals surface area contributed by atoms with Crippen LogP contribution in [-0.4, -0.2) is 46.6 Å². The molecule has 4 fully saturated rings. The molecule has 0 N–H and O–H groups in total. The van der Waals surface area contributed by atoms with Gasteiger partial charge in [-0.2, -0.15) is 0 Å². The maximum absolute atomic E-state index is 12.0. The van der Waals surface area contributed by atoms with E-state index in [-0.39, 0.29) is 35.3 Å². The first-order valence-electron chi connectivity index (χ1n) is 8.92. The van der Waals surface area contributed by atoms with E-state index in [1.54, 1.807) is 0 Å². The number of fused-ring (bicyclic) bond motifs is 2. The van der Waals surface area contributed by atoms with Crippen LogP contribution in [0.3, 0.4) is 0 Å². The molecule has 6 heteroatoms. The summed E-state index contributed by atoms with van der Waals surface area (Å²) in [5, 5.41) is 0. The lowest BCUT2D eigenvalue weighted by atomic mass is 9.62. The van der Waals surface area contributed by atoms with Crippen LogP contribution in [0.1, 0.15) is 66.2 Å². The van der Waals surface area contributed by atoms with E-state index >= 15 is 0 Å². The van der Waals surface area contributed by atoms with E-state index in [0.717, 1.165) is 25.7 Å². The fourth-order valence-electron chi connectivity index (χ4n) is 5.46. The van der Waals surface area contributed by atoms with Gasteiger partial charge in [-0.05, 0) is 52.4 Å². The third-order valence-corrected chi connectivity index (χ3v) is 6.43. The molecule has 0 bridgehead atoms. The van der Waals surface area contributed by atoms with Crippen molar-refractivity contribution in [1.29, 1.82) is 0 Å². The number of hydrogen-bond acceptors (Lipinski definition) is 6. The maximum Gasteiger partial charge on any atom is 0.303 e. The number of rotatable bonds is 3. The molecule has 2 heterocycles. The minimum atomic E-state index is -0.958. The van der Waals surface area contributed by atoms with Crippen LogP contribution in [0.2, 0.25) is 0 Å². The number of carbonyl (C=O) groups is 2. The molecule has 24 heavy (non-hydrogen) atoms. The van der Waals surface area contributed by atoms with Gasteiger partial charge in [-0.15, -0.1) is 0 Å². The molecule has 6 nitrogen and oxygen atoms in total. The molecular weight excluding hydrogens is 312 g/mol. The molecule has 4 rings (SSSR count). The molecule has 0 aromatic heterocycles. The molecule has 0 aromatic carbocycles. The quantitative estimate of drug-likeness (QED) is 0.580. The van der Waals surface area contributed by atoms with Crippen molar-refractivity contribution in [2.75, 3.05) is 0 Å². The largest absolute Gasteiger partial charge is 0.452 e. The molecule has 2 aliphatic heterocycles. The lowest BCUT2D eigenvalue weighted by Crippen LogP contribution is -2.68. The predicted molar refractivity (Wildman–Crippen MR) is 83.3 cm³/mol. The molecule has 6 unspecified atom stereocenters. The van der Waals surface area contributed by atoms with Crippen LogP contribution in [0.5, 0.6) is 0 Å². The second kappa shape index (κ2) is 4.73. The van der Waals surface area contributed by atoms with Gasteiger partial charge < -0.3 is 18.9 Å². The number of carbonyl (C=O) groups excluding carboxylic acids is 2. The van der Waals surface area contributed by atoms with Gasteiger partial charge in [-0.1, -0.05) is 0 Å². The van der Waals surface area contributed by atoms with E-state index in [2.05, 4.69) is 0 Å². The van der Waals surface area contributed by atoms with Crippen molar-refractivity contribution in [3.63, 3.8) is 0 Å². The zero-order valence-electron chi connectivity index (χ0n) is 14.8. The lowest BCUT2D eigenvalue weighted by Gasteiger charge is -2.50. The van der Waals surface area contributed by atoms with E-state index in [9.17, 15) is 9.59 Å². The molecule has 0 aromatic rings. The molecular formula is C18H26O6.